The number of hydrogen-bond donors (Lipinski definition) is 2. The molecule has 3 rings (SSSR count). The molecule has 21 heavy (non-hydrogen) atoms. The van der Waals surface area contributed by atoms with Gasteiger partial charge >= 0.3 is 0 Å². The number of amides is 2. The van der Waals surface area contributed by atoms with Crippen molar-refractivity contribution < 1.29 is 9.59 Å². The van der Waals surface area contributed by atoms with E-state index in [0.717, 1.165) is 30.2 Å². The third-order valence-corrected chi connectivity index (χ3v) is 4.87. The molecular formula is C15H19N3O2S. The first-order valence-electron chi connectivity index (χ1n) is 7.23. The van der Waals surface area contributed by atoms with Crippen LogP contribution in [0.2, 0.25) is 0 Å². The molecule has 0 radical (unpaired) electrons. The molecule has 1 aromatic carbocycles. The van der Waals surface area contributed by atoms with Crippen LogP contribution in [0.15, 0.2) is 29.2 Å². The summed E-state index contributed by atoms with van der Waals surface area (Å²) in [5, 5.41) is 6.12. The van der Waals surface area contributed by atoms with Gasteiger partial charge in [-0.15, -0.1) is 11.8 Å². The number of para-hydroxylation sites is 1. The second-order valence-corrected chi connectivity index (χ2v) is 6.40. The third-order valence-electron chi connectivity index (χ3n) is 3.82. The summed E-state index contributed by atoms with van der Waals surface area (Å²) in [7, 11) is 0. The van der Waals surface area contributed by atoms with Gasteiger partial charge in [-0.1, -0.05) is 12.1 Å². The van der Waals surface area contributed by atoms with Crippen molar-refractivity contribution in [3.63, 3.8) is 0 Å². The summed E-state index contributed by atoms with van der Waals surface area (Å²) in [5.74, 6) is 1.11. The van der Waals surface area contributed by atoms with Crippen LogP contribution in [0.4, 0.5) is 5.69 Å². The van der Waals surface area contributed by atoms with Gasteiger partial charge in [0.05, 0.1) is 11.4 Å². The molecule has 0 saturated carbocycles. The van der Waals surface area contributed by atoms with Gasteiger partial charge < -0.3 is 15.5 Å². The normalized spacial score (nSPS) is 18.1. The molecule has 0 bridgehead atoms. The molecule has 0 atom stereocenters. The maximum atomic E-state index is 12.1. The third kappa shape index (κ3) is 3.39. The lowest BCUT2D eigenvalue weighted by atomic mass is 10.0. The SMILES string of the molecule is O=C(CCN1C(=O)CSc2ccccc21)NCC1CNC1. The molecule has 5 nitrogen and oxygen atoms in total. The summed E-state index contributed by atoms with van der Waals surface area (Å²) < 4.78 is 0. The standard InChI is InChI=1S/C15H19N3O2S/c19-14(17-9-11-7-16-8-11)5-6-18-12-3-1-2-4-13(12)21-10-15(18)20/h1-4,11,16H,5-10H2,(H,17,19). The van der Waals surface area contributed by atoms with Gasteiger partial charge in [0.1, 0.15) is 0 Å². The molecular weight excluding hydrogens is 286 g/mol. The second-order valence-electron chi connectivity index (χ2n) is 5.38. The summed E-state index contributed by atoms with van der Waals surface area (Å²) in [6, 6.07) is 7.86. The Bertz CT molecular complexity index is 545. The Morgan fingerprint density at radius 2 is 2.19 bits per heavy atom. The highest BCUT2D eigenvalue weighted by Crippen LogP contribution is 2.34. The number of nitrogens with one attached hydrogen (secondary N) is 2. The van der Waals surface area contributed by atoms with Crippen LogP contribution in [0.25, 0.3) is 0 Å². The number of carbonyl (C=O) groups is 2. The van der Waals surface area contributed by atoms with Gasteiger partial charge in [0.25, 0.3) is 0 Å². The molecule has 2 N–H and O–H groups in total. The summed E-state index contributed by atoms with van der Waals surface area (Å²) in [4.78, 5) is 26.8. The minimum atomic E-state index is 0.0189. The zero-order valence-electron chi connectivity index (χ0n) is 11.8. The summed E-state index contributed by atoms with van der Waals surface area (Å²) >= 11 is 1.56. The fourth-order valence-electron chi connectivity index (χ4n) is 2.45. The quantitative estimate of drug-likeness (QED) is 0.847. The topological polar surface area (TPSA) is 61.4 Å². The monoisotopic (exact) mass is 305 g/mol. The van der Waals surface area contributed by atoms with Gasteiger partial charge in [-0.2, -0.15) is 0 Å². The lowest BCUT2D eigenvalue weighted by molar-refractivity contribution is -0.121. The highest BCUT2D eigenvalue weighted by Gasteiger charge is 2.24. The number of fused-ring (bicyclic) bond motifs is 1. The fraction of sp³-hybridized carbons (Fsp3) is 0.467. The smallest absolute Gasteiger partial charge is 0.237 e. The highest BCUT2D eigenvalue weighted by molar-refractivity contribution is 8.00. The maximum absolute atomic E-state index is 12.1. The van der Waals surface area contributed by atoms with E-state index < -0.39 is 0 Å². The molecule has 112 valence electrons. The van der Waals surface area contributed by atoms with Gasteiger partial charge in [-0.25, -0.2) is 0 Å². The molecule has 0 unspecified atom stereocenters. The molecule has 0 aromatic heterocycles. The molecule has 1 fully saturated rings. The molecule has 2 aliphatic heterocycles. The van der Waals surface area contributed by atoms with Crippen LogP contribution in [-0.2, 0) is 9.59 Å². The van der Waals surface area contributed by atoms with Crippen molar-refractivity contribution >= 4 is 29.3 Å². The first kappa shape index (κ1) is 14.4. The summed E-state index contributed by atoms with van der Waals surface area (Å²) in [6.45, 7) is 3.14. The number of nitrogens with zero attached hydrogens (tertiary/aromatic N) is 1. The van der Waals surface area contributed by atoms with E-state index in [2.05, 4.69) is 10.6 Å². The van der Waals surface area contributed by atoms with Crippen molar-refractivity contribution in [2.45, 2.75) is 11.3 Å². The van der Waals surface area contributed by atoms with Gasteiger partial charge in [0.15, 0.2) is 0 Å². The van der Waals surface area contributed by atoms with Gasteiger partial charge in [-0.05, 0) is 12.1 Å². The molecule has 6 heteroatoms. The Hall–Kier alpha value is -1.53. The zero-order chi connectivity index (χ0) is 14.7. The fourth-order valence-corrected chi connectivity index (χ4v) is 3.39. The first-order valence-corrected chi connectivity index (χ1v) is 8.22. The van der Waals surface area contributed by atoms with Crippen LogP contribution in [-0.4, -0.2) is 43.7 Å². The molecule has 1 aromatic rings. The van der Waals surface area contributed by atoms with Crippen molar-refractivity contribution in [2.24, 2.45) is 5.92 Å². The minimum absolute atomic E-state index is 0.0189. The van der Waals surface area contributed by atoms with E-state index >= 15 is 0 Å². The Morgan fingerprint density at radius 1 is 1.38 bits per heavy atom. The maximum Gasteiger partial charge on any atom is 0.237 e. The van der Waals surface area contributed by atoms with Crippen LogP contribution in [0.3, 0.4) is 0 Å². The first-order chi connectivity index (χ1) is 10.2. The number of hydrogen-bond acceptors (Lipinski definition) is 4. The lowest BCUT2D eigenvalue weighted by Crippen LogP contribution is -2.48. The Balaban J connectivity index is 1.54. The predicted octanol–water partition coefficient (Wildman–Crippen LogP) is 0.851. The van der Waals surface area contributed by atoms with E-state index in [-0.39, 0.29) is 11.8 Å². The van der Waals surface area contributed by atoms with Crippen LogP contribution >= 0.6 is 11.8 Å². The van der Waals surface area contributed by atoms with Crippen molar-refractivity contribution in [1.29, 1.82) is 0 Å². The van der Waals surface area contributed by atoms with E-state index in [1.54, 1.807) is 16.7 Å². The van der Waals surface area contributed by atoms with Crippen molar-refractivity contribution in [3.8, 4) is 0 Å². The van der Waals surface area contributed by atoms with Crippen molar-refractivity contribution in [3.05, 3.63) is 24.3 Å². The number of thioether (sulfide) groups is 1. The largest absolute Gasteiger partial charge is 0.356 e. The van der Waals surface area contributed by atoms with Gasteiger partial charge in [-0.3, -0.25) is 9.59 Å². The number of carbonyl (C=O) groups excluding carboxylic acids is 2. The Morgan fingerprint density at radius 3 is 2.95 bits per heavy atom. The number of benzene rings is 1. The summed E-state index contributed by atoms with van der Waals surface area (Å²) in [6.07, 6.45) is 0.352. The number of anilines is 1. The highest BCUT2D eigenvalue weighted by atomic mass is 32.2. The number of rotatable bonds is 5. The molecule has 2 aliphatic rings. The van der Waals surface area contributed by atoms with E-state index in [1.165, 1.54) is 0 Å². The molecule has 0 aliphatic carbocycles. The van der Waals surface area contributed by atoms with E-state index in [1.807, 2.05) is 24.3 Å². The Kier molecular flexibility index (Phi) is 4.45. The molecule has 2 amide bonds. The lowest BCUT2D eigenvalue weighted by Gasteiger charge is -2.29. The molecule has 1 saturated heterocycles. The van der Waals surface area contributed by atoms with Crippen LogP contribution in [0.1, 0.15) is 6.42 Å². The van der Waals surface area contributed by atoms with Crippen LogP contribution in [0.5, 0.6) is 0 Å². The zero-order valence-corrected chi connectivity index (χ0v) is 12.6. The summed E-state index contributed by atoms with van der Waals surface area (Å²) in [5.41, 5.74) is 0.926. The van der Waals surface area contributed by atoms with E-state index in [9.17, 15) is 9.59 Å². The predicted molar refractivity (Wildman–Crippen MR) is 83.5 cm³/mol. The molecule has 2 heterocycles. The van der Waals surface area contributed by atoms with Gasteiger partial charge in [0, 0.05) is 43.4 Å². The Labute approximate surface area is 128 Å². The van der Waals surface area contributed by atoms with Gasteiger partial charge in [0.2, 0.25) is 11.8 Å². The minimum Gasteiger partial charge on any atom is -0.356 e. The van der Waals surface area contributed by atoms with E-state index in [4.69, 9.17) is 0 Å². The average Bonchev–Trinajstić information content (AvgIpc) is 2.44. The van der Waals surface area contributed by atoms with Crippen molar-refractivity contribution in [1.82, 2.24) is 10.6 Å². The van der Waals surface area contributed by atoms with E-state index in [0.29, 0.717) is 24.6 Å². The average molecular weight is 305 g/mol. The van der Waals surface area contributed by atoms with Crippen LogP contribution in [0, 0.1) is 5.92 Å². The molecule has 0 spiro atoms. The van der Waals surface area contributed by atoms with Crippen molar-refractivity contribution in [2.75, 3.05) is 36.8 Å². The van der Waals surface area contributed by atoms with Crippen LogP contribution < -0.4 is 15.5 Å². The second kappa shape index (κ2) is 6.49.